The minimum absolute atomic E-state index is 0.188. The van der Waals surface area contributed by atoms with Crippen LogP contribution in [-0.4, -0.2) is 23.1 Å². The Morgan fingerprint density at radius 3 is 2.30 bits per heavy atom. The van der Waals surface area contributed by atoms with E-state index in [1.165, 1.54) is 41.3 Å². The Balaban J connectivity index is 1.99. The van der Waals surface area contributed by atoms with Crippen LogP contribution < -0.4 is 11.2 Å². The molecule has 0 atom stereocenters. The van der Waals surface area contributed by atoms with Gasteiger partial charge in [0.05, 0.1) is 11.4 Å². The number of imidazole rings is 2. The number of rotatable bonds is 2. The zero-order chi connectivity index (χ0) is 21.2. The highest BCUT2D eigenvalue weighted by Gasteiger charge is 2.22. The molecule has 0 spiro atoms. The summed E-state index contributed by atoms with van der Waals surface area (Å²) in [6, 6.07) is 11.9. The smallest absolute Gasteiger partial charge is 0.279 e. The SMILES string of the molecule is Cn1c(=O)c2c(nc3n(-c4ccccc4F)c(-c4ccc(F)cc4)cn23)n(C)c1=O. The van der Waals surface area contributed by atoms with E-state index in [1.807, 2.05) is 0 Å². The Kier molecular flexibility index (Phi) is 3.76. The van der Waals surface area contributed by atoms with Crippen molar-refractivity contribution in [3.05, 3.63) is 87.2 Å². The van der Waals surface area contributed by atoms with E-state index in [2.05, 4.69) is 4.98 Å². The molecule has 0 radical (unpaired) electrons. The summed E-state index contributed by atoms with van der Waals surface area (Å²) >= 11 is 0. The van der Waals surface area contributed by atoms with Crippen molar-refractivity contribution in [3.8, 4) is 16.9 Å². The van der Waals surface area contributed by atoms with Crippen LogP contribution in [0.15, 0.2) is 64.3 Å². The number of benzene rings is 2. The Labute approximate surface area is 167 Å². The van der Waals surface area contributed by atoms with Crippen molar-refractivity contribution >= 4 is 16.9 Å². The summed E-state index contributed by atoms with van der Waals surface area (Å²) in [7, 11) is 2.91. The molecule has 3 aromatic heterocycles. The molecular weight excluding hydrogens is 392 g/mol. The lowest BCUT2D eigenvalue weighted by atomic mass is 10.1. The van der Waals surface area contributed by atoms with Gasteiger partial charge in [-0.15, -0.1) is 0 Å². The summed E-state index contributed by atoms with van der Waals surface area (Å²) < 4.78 is 33.5. The summed E-state index contributed by atoms with van der Waals surface area (Å²) in [5, 5.41) is 0. The molecule has 7 nitrogen and oxygen atoms in total. The lowest BCUT2D eigenvalue weighted by molar-refractivity contribution is 0.619. The van der Waals surface area contributed by atoms with Gasteiger partial charge in [-0.2, -0.15) is 4.98 Å². The van der Waals surface area contributed by atoms with E-state index in [9.17, 15) is 18.4 Å². The molecule has 2 aromatic carbocycles. The summed E-state index contributed by atoms with van der Waals surface area (Å²) in [5.41, 5.74) is 0.688. The van der Waals surface area contributed by atoms with Crippen LogP contribution in [0, 0.1) is 11.6 Å². The van der Waals surface area contributed by atoms with Gasteiger partial charge in [0.2, 0.25) is 5.78 Å². The van der Waals surface area contributed by atoms with E-state index < -0.39 is 22.9 Å². The maximum atomic E-state index is 14.7. The first kappa shape index (κ1) is 18.0. The van der Waals surface area contributed by atoms with E-state index in [4.69, 9.17) is 0 Å². The number of para-hydroxylation sites is 1. The van der Waals surface area contributed by atoms with Crippen molar-refractivity contribution in [1.82, 2.24) is 23.1 Å². The van der Waals surface area contributed by atoms with Gasteiger partial charge in [0.1, 0.15) is 11.6 Å². The van der Waals surface area contributed by atoms with Gasteiger partial charge in [-0.05, 0) is 36.4 Å². The quantitative estimate of drug-likeness (QED) is 0.452. The lowest BCUT2D eigenvalue weighted by Gasteiger charge is -2.10. The van der Waals surface area contributed by atoms with Gasteiger partial charge in [-0.3, -0.25) is 22.9 Å². The Hall–Kier alpha value is -4.01. The van der Waals surface area contributed by atoms with Crippen LogP contribution in [0.2, 0.25) is 0 Å². The lowest BCUT2D eigenvalue weighted by Crippen LogP contribution is -2.37. The minimum Gasteiger partial charge on any atom is -0.279 e. The number of aromatic nitrogens is 5. The zero-order valence-corrected chi connectivity index (χ0v) is 16.0. The van der Waals surface area contributed by atoms with Crippen LogP contribution in [-0.2, 0) is 14.1 Å². The highest BCUT2D eigenvalue weighted by Crippen LogP contribution is 2.30. The maximum Gasteiger partial charge on any atom is 0.332 e. The van der Waals surface area contributed by atoms with Crippen LogP contribution in [0.4, 0.5) is 8.78 Å². The average Bonchev–Trinajstić information content (AvgIpc) is 3.28. The number of hydrogen-bond acceptors (Lipinski definition) is 3. The van der Waals surface area contributed by atoms with Gasteiger partial charge in [0.25, 0.3) is 5.56 Å². The molecule has 0 aliphatic rings. The molecule has 0 unspecified atom stereocenters. The number of hydrogen-bond donors (Lipinski definition) is 0. The van der Waals surface area contributed by atoms with E-state index in [0.29, 0.717) is 11.3 Å². The first-order chi connectivity index (χ1) is 14.4. The van der Waals surface area contributed by atoms with Gasteiger partial charge in [-0.1, -0.05) is 12.1 Å². The first-order valence-corrected chi connectivity index (χ1v) is 9.09. The maximum absolute atomic E-state index is 14.7. The monoisotopic (exact) mass is 407 g/mol. The molecule has 0 saturated carbocycles. The number of fused-ring (bicyclic) bond motifs is 3. The van der Waals surface area contributed by atoms with E-state index in [1.54, 1.807) is 41.1 Å². The molecule has 0 fully saturated rings. The standard InChI is InChI=1S/C21H15F2N5O2/c1-25-18-17(19(29)26(2)21(25)30)27-11-16(12-7-9-13(22)10-8-12)28(20(27)24-18)15-6-4-3-5-14(15)23/h3-11H,1-2H3. The molecule has 0 aliphatic carbocycles. The summed E-state index contributed by atoms with van der Waals surface area (Å²) in [4.78, 5) is 29.6. The second-order valence-electron chi connectivity index (χ2n) is 6.97. The Bertz CT molecular complexity index is 1570. The molecule has 9 heteroatoms. The second kappa shape index (κ2) is 6.24. The Morgan fingerprint density at radius 1 is 0.900 bits per heavy atom. The molecule has 0 saturated heterocycles. The predicted octanol–water partition coefficient (Wildman–Crippen LogP) is 2.62. The fourth-order valence-corrected chi connectivity index (χ4v) is 3.67. The number of nitrogens with zero attached hydrogens (tertiary/aromatic N) is 5. The van der Waals surface area contributed by atoms with Crippen molar-refractivity contribution in [2.75, 3.05) is 0 Å². The summed E-state index contributed by atoms with van der Waals surface area (Å²) in [6.45, 7) is 0. The van der Waals surface area contributed by atoms with Gasteiger partial charge < -0.3 is 0 Å². The highest BCUT2D eigenvalue weighted by molar-refractivity contribution is 5.79. The van der Waals surface area contributed by atoms with Gasteiger partial charge >= 0.3 is 5.69 Å². The normalized spacial score (nSPS) is 11.6. The molecule has 150 valence electrons. The Morgan fingerprint density at radius 2 is 1.60 bits per heavy atom. The third kappa shape index (κ3) is 2.38. The topological polar surface area (TPSA) is 66.2 Å². The van der Waals surface area contributed by atoms with Crippen LogP contribution in [0.5, 0.6) is 0 Å². The molecule has 0 amide bonds. The molecule has 0 N–H and O–H groups in total. The zero-order valence-electron chi connectivity index (χ0n) is 16.0. The summed E-state index contributed by atoms with van der Waals surface area (Å²) in [5.74, 6) is -0.637. The van der Waals surface area contributed by atoms with Crippen molar-refractivity contribution < 1.29 is 8.78 Å². The van der Waals surface area contributed by atoms with Crippen LogP contribution in [0.25, 0.3) is 33.9 Å². The molecule has 0 aliphatic heterocycles. The third-order valence-corrected chi connectivity index (χ3v) is 5.20. The molecule has 30 heavy (non-hydrogen) atoms. The van der Waals surface area contributed by atoms with E-state index in [-0.39, 0.29) is 22.6 Å². The van der Waals surface area contributed by atoms with Gasteiger partial charge in [0.15, 0.2) is 11.2 Å². The number of aryl methyl sites for hydroxylation is 1. The molecular formula is C21H15F2N5O2. The van der Waals surface area contributed by atoms with Gasteiger partial charge in [-0.25, -0.2) is 13.6 Å². The van der Waals surface area contributed by atoms with E-state index in [0.717, 1.165) is 4.57 Å². The second-order valence-corrected chi connectivity index (χ2v) is 6.97. The molecule has 0 bridgehead atoms. The highest BCUT2D eigenvalue weighted by atomic mass is 19.1. The van der Waals surface area contributed by atoms with Crippen LogP contribution >= 0.6 is 0 Å². The largest absolute Gasteiger partial charge is 0.332 e. The minimum atomic E-state index is -0.517. The molecule has 5 aromatic rings. The van der Waals surface area contributed by atoms with Crippen LogP contribution in [0.3, 0.4) is 0 Å². The van der Waals surface area contributed by atoms with Gasteiger partial charge in [0, 0.05) is 25.9 Å². The summed E-state index contributed by atoms with van der Waals surface area (Å²) in [6.07, 6.45) is 1.64. The van der Waals surface area contributed by atoms with Crippen molar-refractivity contribution in [3.63, 3.8) is 0 Å². The van der Waals surface area contributed by atoms with Crippen LogP contribution in [0.1, 0.15) is 0 Å². The fraction of sp³-hybridized carbons (Fsp3) is 0.0952. The van der Waals surface area contributed by atoms with E-state index >= 15 is 0 Å². The predicted molar refractivity (Wildman–Crippen MR) is 108 cm³/mol. The number of halogens is 2. The molecule has 3 heterocycles. The van der Waals surface area contributed by atoms with Crippen molar-refractivity contribution in [2.24, 2.45) is 14.1 Å². The average molecular weight is 407 g/mol. The van der Waals surface area contributed by atoms with Crippen molar-refractivity contribution in [1.29, 1.82) is 0 Å². The van der Waals surface area contributed by atoms with Crippen molar-refractivity contribution in [2.45, 2.75) is 0 Å². The molecule has 5 rings (SSSR count). The first-order valence-electron chi connectivity index (χ1n) is 9.09. The third-order valence-electron chi connectivity index (χ3n) is 5.20. The fourth-order valence-electron chi connectivity index (χ4n) is 3.67.